The number of amides is 2. The lowest BCUT2D eigenvalue weighted by Gasteiger charge is -2.38. The Hall–Kier alpha value is -1.14. The van der Waals surface area contributed by atoms with Crippen LogP contribution in [-0.2, 0) is 14.3 Å². The van der Waals surface area contributed by atoms with Crippen LogP contribution in [0.2, 0.25) is 0 Å². The molecule has 2 atom stereocenters. The molecule has 2 amide bonds. The first-order chi connectivity index (χ1) is 11.0. The molecule has 1 aliphatic heterocycles. The highest BCUT2D eigenvalue weighted by atomic mass is 16.5. The van der Waals surface area contributed by atoms with Gasteiger partial charge < -0.3 is 15.0 Å². The van der Waals surface area contributed by atoms with Crippen molar-refractivity contribution in [2.24, 2.45) is 5.92 Å². The summed E-state index contributed by atoms with van der Waals surface area (Å²) in [5, 5.41) is 2.66. The number of likely N-dealkylation sites (tertiary alicyclic amines) is 1. The Morgan fingerprint density at radius 2 is 1.96 bits per heavy atom. The van der Waals surface area contributed by atoms with Gasteiger partial charge in [0.05, 0.1) is 12.6 Å². The van der Waals surface area contributed by atoms with Gasteiger partial charge in [0.2, 0.25) is 11.8 Å². The van der Waals surface area contributed by atoms with E-state index >= 15 is 0 Å². The third-order valence-electron chi connectivity index (χ3n) is 5.38. The molecule has 1 saturated heterocycles. The average Bonchev–Trinajstić information content (AvgIpc) is 3.09. The Morgan fingerprint density at radius 3 is 2.57 bits per heavy atom. The van der Waals surface area contributed by atoms with Gasteiger partial charge in [-0.3, -0.25) is 14.5 Å². The highest BCUT2D eigenvalue weighted by Gasteiger charge is 2.33. The van der Waals surface area contributed by atoms with Crippen molar-refractivity contribution in [1.29, 1.82) is 0 Å². The number of hydrogen-bond acceptors (Lipinski definition) is 4. The zero-order valence-electron chi connectivity index (χ0n) is 14.7. The van der Waals surface area contributed by atoms with E-state index in [0.29, 0.717) is 25.6 Å². The van der Waals surface area contributed by atoms with E-state index in [-0.39, 0.29) is 23.8 Å². The Kier molecular flexibility index (Phi) is 6.84. The molecule has 0 aromatic carbocycles. The Balaban J connectivity index is 1.88. The molecule has 6 nitrogen and oxygen atoms in total. The van der Waals surface area contributed by atoms with Crippen LogP contribution in [0, 0.1) is 5.92 Å². The fourth-order valence-electron chi connectivity index (χ4n) is 3.87. The topological polar surface area (TPSA) is 61.9 Å². The lowest BCUT2D eigenvalue weighted by atomic mass is 9.91. The molecular formula is C17H31N3O3. The Bertz CT molecular complexity index is 410. The molecule has 0 aromatic heterocycles. The maximum atomic E-state index is 12.6. The van der Waals surface area contributed by atoms with Gasteiger partial charge >= 0.3 is 0 Å². The van der Waals surface area contributed by atoms with E-state index in [1.807, 2.05) is 4.90 Å². The molecule has 23 heavy (non-hydrogen) atoms. The molecular weight excluding hydrogens is 294 g/mol. The highest BCUT2D eigenvalue weighted by Crippen LogP contribution is 2.25. The van der Waals surface area contributed by atoms with Gasteiger partial charge in [-0.05, 0) is 26.3 Å². The number of ether oxygens (including phenoxy) is 1. The second kappa shape index (κ2) is 8.64. The van der Waals surface area contributed by atoms with Crippen molar-refractivity contribution < 1.29 is 14.3 Å². The highest BCUT2D eigenvalue weighted by molar-refractivity contribution is 5.79. The van der Waals surface area contributed by atoms with Gasteiger partial charge in [0.25, 0.3) is 0 Å². The van der Waals surface area contributed by atoms with E-state index in [1.165, 1.54) is 25.7 Å². The lowest BCUT2D eigenvalue weighted by molar-refractivity contribution is -0.138. The van der Waals surface area contributed by atoms with Crippen molar-refractivity contribution in [2.45, 2.75) is 50.7 Å². The summed E-state index contributed by atoms with van der Waals surface area (Å²) in [7, 11) is 5.39. The molecule has 2 fully saturated rings. The minimum Gasteiger partial charge on any atom is -0.381 e. The summed E-state index contributed by atoms with van der Waals surface area (Å²) >= 11 is 0. The van der Waals surface area contributed by atoms with Gasteiger partial charge in [-0.1, -0.05) is 12.8 Å². The molecule has 2 aliphatic rings. The lowest BCUT2D eigenvalue weighted by Crippen LogP contribution is -2.50. The SMILES string of the molecule is CNC(=O)C[C@@H]1CN(C(=O)CN(C)C2CCCC2)CC[C@H]1OC. The summed E-state index contributed by atoms with van der Waals surface area (Å²) in [5.74, 6) is 0.264. The third-order valence-corrected chi connectivity index (χ3v) is 5.38. The maximum absolute atomic E-state index is 12.6. The van der Waals surface area contributed by atoms with Gasteiger partial charge in [0.1, 0.15) is 0 Å². The fraction of sp³-hybridized carbons (Fsp3) is 0.882. The Morgan fingerprint density at radius 1 is 1.26 bits per heavy atom. The van der Waals surface area contributed by atoms with Crippen molar-refractivity contribution in [1.82, 2.24) is 15.1 Å². The number of rotatable bonds is 6. The summed E-state index contributed by atoms with van der Waals surface area (Å²) in [4.78, 5) is 28.4. The number of carbonyl (C=O) groups is 2. The summed E-state index contributed by atoms with van der Waals surface area (Å²) in [5.41, 5.74) is 0. The molecule has 0 bridgehead atoms. The van der Waals surface area contributed by atoms with Crippen molar-refractivity contribution in [3.8, 4) is 0 Å². The summed E-state index contributed by atoms with van der Waals surface area (Å²) in [6.45, 7) is 1.82. The minimum atomic E-state index is 0.00872. The first kappa shape index (κ1) is 18.2. The molecule has 2 rings (SSSR count). The molecule has 132 valence electrons. The van der Waals surface area contributed by atoms with Crippen LogP contribution in [0.1, 0.15) is 38.5 Å². The van der Waals surface area contributed by atoms with Gasteiger partial charge in [0.15, 0.2) is 0 Å². The second-order valence-corrected chi connectivity index (χ2v) is 6.89. The number of likely N-dealkylation sites (N-methyl/N-ethyl adjacent to an activating group) is 1. The third kappa shape index (κ3) is 4.91. The van der Waals surface area contributed by atoms with Gasteiger partial charge in [-0.15, -0.1) is 0 Å². The number of carbonyl (C=O) groups excluding carboxylic acids is 2. The molecule has 1 aliphatic carbocycles. The number of methoxy groups -OCH3 is 1. The van der Waals surface area contributed by atoms with Crippen LogP contribution < -0.4 is 5.32 Å². The summed E-state index contributed by atoms with van der Waals surface area (Å²) < 4.78 is 5.51. The first-order valence-corrected chi connectivity index (χ1v) is 8.76. The minimum absolute atomic E-state index is 0.00872. The van der Waals surface area contributed by atoms with E-state index in [2.05, 4.69) is 17.3 Å². The van der Waals surface area contributed by atoms with Crippen LogP contribution in [0.25, 0.3) is 0 Å². The normalized spacial score (nSPS) is 25.8. The molecule has 0 radical (unpaired) electrons. The van der Waals surface area contributed by atoms with Crippen molar-refractivity contribution in [3.05, 3.63) is 0 Å². The van der Waals surface area contributed by atoms with E-state index in [4.69, 9.17) is 4.74 Å². The van der Waals surface area contributed by atoms with E-state index in [9.17, 15) is 9.59 Å². The quantitative estimate of drug-likeness (QED) is 0.787. The monoisotopic (exact) mass is 325 g/mol. The van der Waals surface area contributed by atoms with Crippen molar-refractivity contribution >= 4 is 11.8 Å². The molecule has 0 spiro atoms. The van der Waals surface area contributed by atoms with Gasteiger partial charge in [-0.25, -0.2) is 0 Å². The molecule has 6 heteroatoms. The van der Waals surface area contributed by atoms with Crippen LogP contribution in [0.4, 0.5) is 0 Å². The largest absolute Gasteiger partial charge is 0.381 e. The van der Waals surface area contributed by atoms with Crippen LogP contribution in [0.15, 0.2) is 0 Å². The zero-order valence-corrected chi connectivity index (χ0v) is 14.7. The molecule has 0 aromatic rings. The van der Waals surface area contributed by atoms with Crippen molar-refractivity contribution in [3.63, 3.8) is 0 Å². The second-order valence-electron chi connectivity index (χ2n) is 6.89. The fourth-order valence-corrected chi connectivity index (χ4v) is 3.87. The smallest absolute Gasteiger partial charge is 0.236 e. The maximum Gasteiger partial charge on any atom is 0.236 e. The van der Waals surface area contributed by atoms with Crippen LogP contribution >= 0.6 is 0 Å². The molecule has 1 saturated carbocycles. The summed E-state index contributed by atoms with van der Waals surface area (Å²) in [6.07, 6.45) is 6.23. The molecule has 0 unspecified atom stereocenters. The van der Waals surface area contributed by atoms with E-state index in [0.717, 1.165) is 13.0 Å². The van der Waals surface area contributed by atoms with E-state index < -0.39 is 0 Å². The van der Waals surface area contributed by atoms with Crippen molar-refractivity contribution in [2.75, 3.05) is 40.8 Å². The number of hydrogen-bond donors (Lipinski definition) is 1. The number of nitrogens with one attached hydrogen (secondary N) is 1. The predicted molar refractivity (Wildman–Crippen MR) is 89.1 cm³/mol. The van der Waals surface area contributed by atoms with Crippen LogP contribution in [0.5, 0.6) is 0 Å². The predicted octanol–water partition coefficient (Wildman–Crippen LogP) is 0.860. The molecule has 1 N–H and O–H groups in total. The zero-order chi connectivity index (χ0) is 16.8. The van der Waals surface area contributed by atoms with E-state index in [1.54, 1.807) is 14.2 Å². The number of nitrogens with zero attached hydrogens (tertiary/aromatic N) is 2. The summed E-state index contributed by atoms with van der Waals surface area (Å²) in [6, 6.07) is 0.553. The average molecular weight is 325 g/mol. The first-order valence-electron chi connectivity index (χ1n) is 8.76. The van der Waals surface area contributed by atoms with Gasteiger partial charge in [-0.2, -0.15) is 0 Å². The Labute approximate surface area is 139 Å². The standard InChI is InChI=1S/C17H31N3O3/c1-18-16(21)10-13-11-20(9-8-15(13)23-3)17(22)12-19(2)14-6-4-5-7-14/h13-15H,4-12H2,1-3H3,(H,18,21)/t13-,15-/m1/s1. The molecule has 1 heterocycles. The van der Waals surface area contributed by atoms with Crippen LogP contribution in [0.3, 0.4) is 0 Å². The number of piperidine rings is 1. The van der Waals surface area contributed by atoms with Gasteiger partial charge in [0, 0.05) is 45.6 Å². The van der Waals surface area contributed by atoms with Crippen LogP contribution in [-0.4, -0.2) is 74.6 Å².